The Morgan fingerprint density at radius 2 is 2.06 bits per heavy atom. The molecule has 0 unspecified atom stereocenters. The highest BCUT2D eigenvalue weighted by molar-refractivity contribution is 9.10. The summed E-state index contributed by atoms with van der Waals surface area (Å²) in [6.07, 6.45) is 0.999. The predicted molar refractivity (Wildman–Crippen MR) is 70.2 cm³/mol. The van der Waals surface area contributed by atoms with E-state index in [1.54, 1.807) is 6.92 Å². The number of hydrogen-bond acceptors (Lipinski definition) is 3. The highest BCUT2D eigenvalue weighted by Gasteiger charge is 1.94. The molecular formula is C12H18BrNO2. The highest BCUT2D eigenvalue weighted by Crippen LogP contribution is 2.18. The van der Waals surface area contributed by atoms with Crippen LogP contribution in [0.2, 0.25) is 0 Å². The highest BCUT2D eigenvalue weighted by atomic mass is 79.9. The first kappa shape index (κ1) is 15.0. The summed E-state index contributed by atoms with van der Waals surface area (Å²) in [5, 5.41) is 0. The fraction of sp³-hybridized carbons (Fsp3) is 0.417. The Balaban J connectivity index is 0.000000325. The van der Waals surface area contributed by atoms with E-state index in [4.69, 9.17) is 5.73 Å². The molecular weight excluding hydrogens is 270 g/mol. The van der Waals surface area contributed by atoms with Crippen molar-refractivity contribution in [2.75, 3.05) is 12.3 Å². The lowest BCUT2D eigenvalue weighted by molar-refractivity contribution is -0.140. The maximum absolute atomic E-state index is 9.82. The molecule has 2 N–H and O–H groups in total. The predicted octanol–water partition coefficient (Wildman–Crippen LogP) is 3.16. The quantitative estimate of drug-likeness (QED) is 0.671. The number of nitrogen functional groups attached to an aromatic ring is 1. The normalized spacial score (nSPS) is 9.00. The fourth-order valence-corrected chi connectivity index (χ4v) is 1.47. The molecule has 0 saturated heterocycles. The molecule has 0 bridgehead atoms. The Hall–Kier alpha value is -1.03. The standard InChI is InChI=1S/C8H10BrN.C4H8O2/c1-2-6-3-4-7(9)5-8(6)10;1-3-6-4(2)5/h3-5H,2,10H2,1H3;3H2,1-2H3. The molecule has 0 fully saturated rings. The van der Waals surface area contributed by atoms with Crippen LogP contribution in [-0.2, 0) is 16.0 Å². The number of nitrogens with two attached hydrogens (primary N) is 1. The van der Waals surface area contributed by atoms with Gasteiger partial charge in [-0.1, -0.05) is 28.9 Å². The minimum Gasteiger partial charge on any atom is -0.466 e. The number of hydrogen-bond donors (Lipinski definition) is 1. The van der Waals surface area contributed by atoms with Gasteiger partial charge in [-0.25, -0.2) is 0 Å². The summed E-state index contributed by atoms with van der Waals surface area (Å²) in [5.41, 5.74) is 7.79. The summed E-state index contributed by atoms with van der Waals surface area (Å²) in [6.45, 7) is 5.75. The maximum atomic E-state index is 9.82. The third-order valence-electron chi connectivity index (χ3n) is 1.84. The van der Waals surface area contributed by atoms with Crippen molar-refractivity contribution in [1.29, 1.82) is 0 Å². The number of anilines is 1. The lowest BCUT2D eigenvalue weighted by Crippen LogP contribution is -1.95. The van der Waals surface area contributed by atoms with Crippen LogP contribution in [0.4, 0.5) is 5.69 Å². The van der Waals surface area contributed by atoms with Crippen molar-refractivity contribution >= 4 is 27.6 Å². The fourth-order valence-electron chi connectivity index (χ4n) is 1.09. The molecule has 16 heavy (non-hydrogen) atoms. The van der Waals surface area contributed by atoms with Crippen LogP contribution in [0, 0.1) is 0 Å². The number of rotatable bonds is 2. The SMILES string of the molecule is CCOC(C)=O.CCc1ccc(Br)cc1N. The topological polar surface area (TPSA) is 52.3 Å². The van der Waals surface area contributed by atoms with Crippen molar-refractivity contribution in [3.63, 3.8) is 0 Å². The minimum absolute atomic E-state index is 0.211. The third-order valence-corrected chi connectivity index (χ3v) is 2.33. The molecule has 90 valence electrons. The van der Waals surface area contributed by atoms with Gasteiger partial charge in [0, 0.05) is 17.1 Å². The van der Waals surface area contributed by atoms with E-state index in [1.165, 1.54) is 12.5 Å². The van der Waals surface area contributed by atoms with Gasteiger partial charge in [0.1, 0.15) is 0 Å². The zero-order chi connectivity index (χ0) is 12.6. The Morgan fingerprint density at radius 3 is 2.38 bits per heavy atom. The molecule has 0 aliphatic rings. The number of ether oxygens (including phenoxy) is 1. The minimum atomic E-state index is -0.211. The molecule has 1 rings (SSSR count). The second-order valence-electron chi connectivity index (χ2n) is 3.12. The molecule has 4 heteroatoms. The molecule has 0 aromatic heterocycles. The van der Waals surface area contributed by atoms with Crippen molar-refractivity contribution in [3.8, 4) is 0 Å². The number of halogens is 1. The van der Waals surface area contributed by atoms with Crippen molar-refractivity contribution in [2.45, 2.75) is 27.2 Å². The van der Waals surface area contributed by atoms with Gasteiger partial charge in [-0.2, -0.15) is 0 Å². The molecule has 0 radical (unpaired) electrons. The van der Waals surface area contributed by atoms with Gasteiger partial charge >= 0.3 is 5.97 Å². The molecule has 1 aromatic rings. The van der Waals surface area contributed by atoms with Gasteiger partial charge in [0.15, 0.2) is 0 Å². The van der Waals surface area contributed by atoms with Crippen molar-refractivity contribution in [3.05, 3.63) is 28.2 Å². The molecule has 0 aliphatic carbocycles. The van der Waals surface area contributed by atoms with Crippen molar-refractivity contribution in [1.82, 2.24) is 0 Å². The van der Waals surface area contributed by atoms with Crippen LogP contribution in [0.5, 0.6) is 0 Å². The molecule has 1 aromatic carbocycles. The van der Waals surface area contributed by atoms with Crippen molar-refractivity contribution < 1.29 is 9.53 Å². The Kier molecular flexibility index (Phi) is 7.64. The zero-order valence-electron chi connectivity index (χ0n) is 9.92. The number of carbonyl (C=O) groups excluding carboxylic acids is 1. The zero-order valence-corrected chi connectivity index (χ0v) is 11.5. The Labute approximate surface area is 105 Å². The molecule has 0 aliphatic heterocycles. The number of aryl methyl sites for hydroxylation is 1. The first-order valence-corrected chi connectivity index (χ1v) is 5.97. The third kappa shape index (κ3) is 6.45. The monoisotopic (exact) mass is 287 g/mol. The van der Waals surface area contributed by atoms with Gasteiger partial charge in [-0.3, -0.25) is 4.79 Å². The maximum Gasteiger partial charge on any atom is 0.302 e. The van der Waals surface area contributed by atoms with Crippen LogP contribution in [0.15, 0.2) is 22.7 Å². The van der Waals surface area contributed by atoms with E-state index in [2.05, 4.69) is 27.6 Å². The van der Waals surface area contributed by atoms with E-state index >= 15 is 0 Å². The van der Waals surface area contributed by atoms with E-state index in [0.717, 1.165) is 16.6 Å². The first-order valence-electron chi connectivity index (χ1n) is 5.18. The van der Waals surface area contributed by atoms with Crippen LogP contribution in [-0.4, -0.2) is 12.6 Å². The van der Waals surface area contributed by atoms with Gasteiger partial charge in [0.05, 0.1) is 6.61 Å². The average molecular weight is 288 g/mol. The largest absolute Gasteiger partial charge is 0.466 e. The van der Waals surface area contributed by atoms with E-state index < -0.39 is 0 Å². The smallest absolute Gasteiger partial charge is 0.302 e. The summed E-state index contributed by atoms with van der Waals surface area (Å²) in [6, 6.07) is 5.98. The second-order valence-corrected chi connectivity index (χ2v) is 4.04. The molecule has 0 heterocycles. The molecule has 0 spiro atoms. The summed E-state index contributed by atoms with van der Waals surface area (Å²) in [4.78, 5) is 9.82. The lowest BCUT2D eigenvalue weighted by Gasteiger charge is -2.01. The number of carbonyl (C=O) groups is 1. The van der Waals surface area contributed by atoms with E-state index in [-0.39, 0.29) is 5.97 Å². The van der Waals surface area contributed by atoms with Crippen LogP contribution in [0.25, 0.3) is 0 Å². The average Bonchev–Trinajstić information content (AvgIpc) is 2.18. The van der Waals surface area contributed by atoms with Gasteiger partial charge < -0.3 is 10.5 Å². The molecule has 3 nitrogen and oxygen atoms in total. The van der Waals surface area contributed by atoms with Gasteiger partial charge in [0.2, 0.25) is 0 Å². The van der Waals surface area contributed by atoms with Gasteiger partial charge in [-0.05, 0) is 31.0 Å². The summed E-state index contributed by atoms with van der Waals surface area (Å²) in [5.74, 6) is -0.211. The Bertz CT molecular complexity index is 340. The second kappa shape index (κ2) is 8.16. The van der Waals surface area contributed by atoms with Crippen LogP contribution in [0.3, 0.4) is 0 Å². The Morgan fingerprint density at radius 1 is 1.44 bits per heavy atom. The van der Waals surface area contributed by atoms with E-state index in [0.29, 0.717) is 6.61 Å². The molecule has 0 saturated carbocycles. The summed E-state index contributed by atoms with van der Waals surface area (Å²) in [7, 11) is 0. The summed E-state index contributed by atoms with van der Waals surface area (Å²) >= 11 is 3.35. The van der Waals surface area contributed by atoms with E-state index in [1.807, 2.05) is 18.2 Å². The van der Waals surface area contributed by atoms with E-state index in [9.17, 15) is 4.79 Å². The van der Waals surface area contributed by atoms with Crippen molar-refractivity contribution in [2.24, 2.45) is 0 Å². The van der Waals surface area contributed by atoms with Crippen LogP contribution < -0.4 is 5.73 Å². The van der Waals surface area contributed by atoms with Gasteiger partial charge in [0.25, 0.3) is 0 Å². The van der Waals surface area contributed by atoms with Crippen LogP contribution in [0.1, 0.15) is 26.3 Å². The molecule has 0 atom stereocenters. The van der Waals surface area contributed by atoms with Crippen LogP contribution >= 0.6 is 15.9 Å². The number of esters is 1. The molecule has 0 amide bonds. The first-order chi connectivity index (χ1) is 7.51. The summed E-state index contributed by atoms with van der Waals surface area (Å²) < 4.78 is 5.45. The number of benzene rings is 1. The van der Waals surface area contributed by atoms with Gasteiger partial charge in [-0.15, -0.1) is 0 Å². The lowest BCUT2D eigenvalue weighted by atomic mass is 10.1.